The Morgan fingerprint density at radius 1 is 0.769 bits per heavy atom. The van der Waals surface area contributed by atoms with Gasteiger partial charge in [-0.15, -0.1) is 0 Å². The number of hydrogen-bond donors (Lipinski definition) is 0. The molecule has 8 heteroatoms. The van der Waals surface area contributed by atoms with Crippen molar-refractivity contribution in [2.75, 3.05) is 0 Å². The number of rotatable bonds is 1. The predicted octanol–water partition coefficient (Wildman–Crippen LogP) is 9.28. The molecule has 1 fully saturated rings. The van der Waals surface area contributed by atoms with Gasteiger partial charge in [-0.2, -0.15) is 0 Å². The predicted molar refractivity (Wildman–Crippen MR) is 142 cm³/mol. The van der Waals surface area contributed by atoms with Crippen molar-refractivity contribution in [2.45, 2.75) is 45.0 Å². The van der Waals surface area contributed by atoms with Crippen LogP contribution in [0.4, 0.5) is 0 Å². The van der Waals surface area contributed by atoms with E-state index in [0.29, 0.717) is 0 Å². The van der Waals surface area contributed by atoms with Crippen LogP contribution in [0.5, 0.6) is 0 Å². The first-order valence-electron chi connectivity index (χ1n) is 7.86. The van der Waals surface area contributed by atoms with Crippen molar-refractivity contribution in [3.8, 4) is 0 Å². The summed E-state index contributed by atoms with van der Waals surface area (Å²) in [6, 6.07) is 10.7. The van der Waals surface area contributed by atoms with Crippen molar-refractivity contribution in [3.63, 3.8) is 0 Å². The van der Waals surface area contributed by atoms with Gasteiger partial charge >= 0.3 is 0 Å². The molecule has 0 saturated heterocycles. The quantitative estimate of drug-likeness (QED) is 0.195. The fourth-order valence-electron chi connectivity index (χ4n) is 4.30. The van der Waals surface area contributed by atoms with Crippen LogP contribution >= 0.6 is 127 Å². The standard InChI is InChI=1S/C18H16Br8/c1-13(2)15(20)11(9-12(19)16(21,22)18(15,25)26)14(3,17(13,23)24)10-7-5-4-6-8-10/h4-9,12H,1-3H3. The number of benzene rings is 1. The minimum absolute atomic E-state index is 0.0437. The third kappa shape index (κ3) is 2.54. The van der Waals surface area contributed by atoms with Gasteiger partial charge in [0.05, 0.1) is 9.15 Å². The fraction of sp³-hybridized carbons (Fsp3) is 0.556. The molecule has 0 aromatic heterocycles. The maximum atomic E-state index is 4.21. The summed E-state index contributed by atoms with van der Waals surface area (Å²) in [5, 5.41) is 0. The number of halogens is 8. The van der Waals surface area contributed by atoms with Gasteiger partial charge in [0, 0.05) is 10.8 Å². The van der Waals surface area contributed by atoms with Crippen LogP contribution in [0, 0.1) is 5.41 Å². The Hall–Kier alpha value is 2.80. The van der Waals surface area contributed by atoms with Crippen LogP contribution in [-0.4, -0.2) is 18.9 Å². The highest BCUT2D eigenvalue weighted by molar-refractivity contribution is 9.31. The summed E-state index contributed by atoms with van der Waals surface area (Å²) in [5.74, 6) is 0. The minimum atomic E-state index is -0.541. The van der Waals surface area contributed by atoms with Crippen molar-refractivity contribution in [3.05, 3.63) is 47.5 Å². The molecule has 1 saturated carbocycles. The van der Waals surface area contributed by atoms with Gasteiger partial charge in [0.2, 0.25) is 0 Å². The third-order valence-corrected chi connectivity index (χ3v) is 21.6. The largest absolute Gasteiger partial charge is 0.126 e. The van der Waals surface area contributed by atoms with E-state index in [1.165, 1.54) is 11.1 Å². The van der Waals surface area contributed by atoms with Gasteiger partial charge in [-0.3, -0.25) is 0 Å². The van der Waals surface area contributed by atoms with Crippen LogP contribution in [-0.2, 0) is 5.41 Å². The number of alkyl halides is 8. The molecule has 2 aliphatic rings. The van der Waals surface area contributed by atoms with Gasteiger partial charge in [0.15, 0.2) is 0 Å². The highest BCUT2D eigenvalue weighted by atomic mass is 79.9. The summed E-state index contributed by atoms with van der Waals surface area (Å²) >= 11 is 32.2. The monoisotopic (exact) mass is 863 g/mol. The maximum absolute atomic E-state index is 4.21. The Morgan fingerprint density at radius 2 is 1.27 bits per heavy atom. The van der Waals surface area contributed by atoms with E-state index >= 15 is 0 Å². The molecule has 0 bridgehead atoms. The Bertz CT molecular complexity index is 767. The van der Waals surface area contributed by atoms with E-state index in [1.54, 1.807) is 0 Å². The van der Waals surface area contributed by atoms with Crippen LogP contribution < -0.4 is 0 Å². The zero-order valence-corrected chi connectivity index (χ0v) is 26.8. The molecule has 0 radical (unpaired) electrons. The van der Waals surface area contributed by atoms with Crippen molar-refractivity contribution >= 4 is 127 Å². The molecule has 0 heterocycles. The van der Waals surface area contributed by atoms with E-state index in [0.717, 1.165) is 0 Å². The molecular weight excluding hydrogens is 855 g/mol. The van der Waals surface area contributed by atoms with Crippen LogP contribution in [0.2, 0.25) is 0 Å². The Kier molecular flexibility index (Phi) is 6.23. The van der Waals surface area contributed by atoms with E-state index in [9.17, 15) is 0 Å². The van der Waals surface area contributed by atoms with Crippen LogP contribution in [0.15, 0.2) is 42.0 Å². The van der Waals surface area contributed by atoms with Crippen molar-refractivity contribution in [1.82, 2.24) is 0 Å². The summed E-state index contributed by atoms with van der Waals surface area (Å²) in [5.41, 5.74) is 1.97. The molecule has 0 amide bonds. The first-order chi connectivity index (χ1) is 11.6. The molecule has 0 aliphatic heterocycles. The molecule has 26 heavy (non-hydrogen) atoms. The summed E-state index contributed by atoms with van der Waals surface area (Å²) in [4.78, 5) is 0.0437. The highest BCUT2D eigenvalue weighted by Crippen LogP contribution is 2.82. The van der Waals surface area contributed by atoms with Crippen LogP contribution in [0.25, 0.3) is 0 Å². The van der Waals surface area contributed by atoms with E-state index in [2.05, 4.69) is 185 Å². The van der Waals surface area contributed by atoms with E-state index in [-0.39, 0.29) is 15.7 Å². The molecule has 144 valence electrons. The second kappa shape index (κ2) is 6.90. The topological polar surface area (TPSA) is 0 Å². The fourth-order valence-corrected chi connectivity index (χ4v) is 12.0. The molecular formula is C18H16Br8. The lowest BCUT2D eigenvalue weighted by atomic mass is 9.73. The zero-order chi connectivity index (χ0) is 20.0. The lowest BCUT2D eigenvalue weighted by Gasteiger charge is -2.56. The molecule has 3 atom stereocenters. The average molecular weight is 872 g/mol. The molecule has 0 spiro atoms. The first-order valence-corrected chi connectivity index (χ1v) is 14.3. The van der Waals surface area contributed by atoms with E-state index < -0.39 is 14.0 Å². The first kappa shape index (κ1) is 23.5. The SMILES string of the molecule is CC1(c2ccccc2)C2=CC(Br)C(Br)(Br)C(Br)(Br)C2(Br)C(C)(C)C1(Br)Br. The molecule has 3 rings (SSSR count). The average Bonchev–Trinajstić information content (AvgIpc) is 2.64. The zero-order valence-electron chi connectivity index (χ0n) is 14.1. The van der Waals surface area contributed by atoms with Gasteiger partial charge in [0.25, 0.3) is 0 Å². The molecule has 2 aliphatic carbocycles. The molecule has 0 N–H and O–H groups in total. The normalized spacial score (nSPS) is 39.2. The molecule has 1 aromatic rings. The van der Waals surface area contributed by atoms with Crippen molar-refractivity contribution < 1.29 is 0 Å². The smallest absolute Gasteiger partial charge is 0.0820 e. The summed E-state index contributed by atoms with van der Waals surface area (Å²) in [7, 11) is 0. The number of fused-ring (bicyclic) bond motifs is 1. The van der Waals surface area contributed by atoms with Gasteiger partial charge < -0.3 is 0 Å². The second-order valence-corrected chi connectivity index (χ2v) is 20.2. The molecule has 3 unspecified atom stereocenters. The van der Waals surface area contributed by atoms with Crippen LogP contribution in [0.3, 0.4) is 0 Å². The van der Waals surface area contributed by atoms with Gasteiger partial charge in [0.1, 0.15) is 9.70 Å². The minimum Gasteiger partial charge on any atom is -0.0820 e. The van der Waals surface area contributed by atoms with E-state index in [1.807, 2.05) is 0 Å². The third-order valence-electron chi connectivity index (χ3n) is 6.05. The van der Waals surface area contributed by atoms with Crippen molar-refractivity contribution in [1.29, 1.82) is 0 Å². The van der Waals surface area contributed by atoms with Crippen LogP contribution in [0.1, 0.15) is 26.3 Å². The highest BCUT2D eigenvalue weighted by Gasteiger charge is 2.81. The van der Waals surface area contributed by atoms with Crippen molar-refractivity contribution in [2.24, 2.45) is 5.41 Å². The van der Waals surface area contributed by atoms with E-state index in [4.69, 9.17) is 0 Å². The maximum Gasteiger partial charge on any atom is 0.126 e. The van der Waals surface area contributed by atoms with Gasteiger partial charge in [-0.25, -0.2) is 0 Å². The Labute approximate surface area is 222 Å². The molecule has 0 nitrogen and oxygen atoms in total. The Balaban J connectivity index is 2.46. The molecule has 1 aromatic carbocycles. The lowest BCUT2D eigenvalue weighted by molar-refractivity contribution is 0.285. The summed E-state index contributed by atoms with van der Waals surface area (Å²) < 4.78 is -1.85. The summed E-state index contributed by atoms with van der Waals surface area (Å²) in [6.07, 6.45) is 2.32. The number of allylic oxidation sites excluding steroid dienone is 2. The van der Waals surface area contributed by atoms with Gasteiger partial charge in [-0.1, -0.05) is 178 Å². The number of hydrogen-bond acceptors (Lipinski definition) is 0. The lowest BCUT2D eigenvalue weighted by Crippen LogP contribution is -2.63. The summed E-state index contributed by atoms with van der Waals surface area (Å²) in [6.45, 7) is 6.85. The van der Waals surface area contributed by atoms with Gasteiger partial charge in [-0.05, 0) is 18.1 Å². The Morgan fingerprint density at radius 3 is 1.77 bits per heavy atom. The second-order valence-electron chi connectivity index (χ2n) is 7.53.